The van der Waals surface area contributed by atoms with Gasteiger partial charge in [-0.15, -0.1) is 0 Å². The largest absolute Gasteiger partial charge is 0.369 e. The summed E-state index contributed by atoms with van der Waals surface area (Å²) in [6, 6.07) is 8.38. The van der Waals surface area contributed by atoms with Crippen LogP contribution >= 0.6 is 0 Å². The second-order valence-corrected chi connectivity index (χ2v) is 9.83. The Kier molecular flexibility index (Phi) is 5.93. The van der Waals surface area contributed by atoms with Gasteiger partial charge in [-0.05, 0) is 62.4 Å². The molecule has 2 N–H and O–H groups in total. The molecule has 0 unspecified atom stereocenters. The maximum absolute atomic E-state index is 13.0. The number of hydrogen-bond acceptors (Lipinski definition) is 6. The van der Waals surface area contributed by atoms with Gasteiger partial charge in [0.15, 0.2) is 0 Å². The number of amides is 1. The van der Waals surface area contributed by atoms with E-state index in [2.05, 4.69) is 57.1 Å². The standard InChI is InChI=1S/C26H35N7O/c1-5-26(9-6-10-26)33-22(24(34)31(3)4)16-19-17-28-25(30-23(19)33)29-20-7-8-21(18(2)15-20)32-13-11-27-12-14-32/h7-8,15-17,27H,5-6,9-14H2,1-4H3,(H,28,29,30). The van der Waals surface area contributed by atoms with Crippen LogP contribution in [0.4, 0.5) is 17.3 Å². The molecule has 2 aromatic heterocycles. The predicted octanol–water partition coefficient (Wildman–Crippen LogP) is 3.88. The third-order valence-electron chi connectivity index (χ3n) is 7.49. The van der Waals surface area contributed by atoms with Gasteiger partial charge in [-0.2, -0.15) is 4.98 Å². The third kappa shape index (κ3) is 3.90. The molecule has 0 bridgehead atoms. The molecule has 3 heterocycles. The minimum Gasteiger partial charge on any atom is -0.369 e. The molecule has 2 fully saturated rings. The van der Waals surface area contributed by atoms with E-state index in [0.717, 1.165) is 62.2 Å². The number of aryl methyl sites for hydroxylation is 1. The van der Waals surface area contributed by atoms with Crippen LogP contribution in [0.5, 0.6) is 0 Å². The van der Waals surface area contributed by atoms with E-state index in [-0.39, 0.29) is 11.4 Å². The number of piperazine rings is 1. The average Bonchev–Trinajstić information content (AvgIpc) is 3.18. The number of nitrogens with one attached hydrogen (secondary N) is 2. The van der Waals surface area contributed by atoms with Crippen LogP contribution in [0.15, 0.2) is 30.5 Å². The Hall–Kier alpha value is -3.13. The number of carbonyl (C=O) groups excluding carboxylic acids is 1. The van der Waals surface area contributed by atoms with Gasteiger partial charge in [0, 0.05) is 68.8 Å². The maximum Gasteiger partial charge on any atom is 0.270 e. The number of aromatic nitrogens is 3. The van der Waals surface area contributed by atoms with Crippen LogP contribution in [0.25, 0.3) is 11.0 Å². The molecule has 1 aliphatic carbocycles. The highest BCUT2D eigenvalue weighted by Crippen LogP contribution is 2.45. The van der Waals surface area contributed by atoms with Crippen molar-refractivity contribution in [1.82, 2.24) is 24.8 Å². The fraction of sp³-hybridized carbons (Fsp3) is 0.500. The molecule has 1 aromatic carbocycles. The van der Waals surface area contributed by atoms with Crippen molar-refractivity contribution >= 4 is 34.3 Å². The lowest BCUT2D eigenvalue weighted by Gasteiger charge is -2.44. The highest BCUT2D eigenvalue weighted by molar-refractivity contribution is 5.98. The molecular formula is C26H35N7O. The zero-order chi connectivity index (χ0) is 23.9. The number of benzene rings is 1. The summed E-state index contributed by atoms with van der Waals surface area (Å²) < 4.78 is 2.19. The lowest BCUT2D eigenvalue weighted by molar-refractivity contribution is 0.0780. The Morgan fingerprint density at radius 3 is 2.59 bits per heavy atom. The van der Waals surface area contributed by atoms with E-state index >= 15 is 0 Å². The van der Waals surface area contributed by atoms with E-state index < -0.39 is 0 Å². The summed E-state index contributed by atoms with van der Waals surface area (Å²) in [6.45, 7) is 8.45. The highest BCUT2D eigenvalue weighted by Gasteiger charge is 2.41. The van der Waals surface area contributed by atoms with Gasteiger partial charge in [-0.1, -0.05) is 6.92 Å². The van der Waals surface area contributed by atoms with Crippen molar-refractivity contribution in [3.05, 3.63) is 41.7 Å². The first-order valence-electron chi connectivity index (χ1n) is 12.4. The number of rotatable bonds is 6. The number of anilines is 3. The fourth-order valence-corrected chi connectivity index (χ4v) is 5.36. The first kappa shape index (κ1) is 22.7. The van der Waals surface area contributed by atoms with Crippen LogP contribution in [-0.4, -0.2) is 65.6 Å². The summed E-state index contributed by atoms with van der Waals surface area (Å²) in [4.78, 5) is 26.6. The summed E-state index contributed by atoms with van der Waals surface area (Å²) in [5.74, 6) is 0.557. The normalized spacial score (nSPS) is 17.5. The molecule has 1 saturated carbocycles. The smallest absolute Gasteiger partial charge is 0.270 e. The van der Waals surface area contributed by atoms with E-state index in [0.29, 0.717) is 11.6 Å². The van der Waals surface area contributed by atoms with Gasteiger partial charge in [0.1, 0.15) is 11.3 Å². The van der Waals surface area contributed by atoms with E-state index in [1.54, 1.807) is 19.0 Å². The molecule has 1 aliphatic heterocycles. The SMILES string of the molecule is CCC1(n2c(C(=O)N(C)C)cc3cnc(Nc4ccc(N5CCNCC5)c(C)c4)nc32)CCC1. The number of nitrogens with zero attached hydrogens (tertiary/aromatic N) is 5. The summed E-state index contributed by atoms with van der Waals surface area (Å²) >= 11 is 0. The zero-order valence-electron chi connectivity index (χ0n) is 20.7. The van der Waals surface area contributed by atoms with E-state index in [4.69, 9.17) is 4.98 Å². The molecule has 3 aromatic rings. The van der Waals surface area contributed by atoms with Crippen LogP contribution in [0.3, 0.4) is 0 Å². The molecule has 34 heavy (non-hydrogen) atoms. The Morgan fingerprint density at radius 2 is 1.97 bits per heavy atom. The molecule has 2 aliphatic rings. The summed E-state index contributed by atoms with van der Waals surface area (Å²) in [5.41, 5.74) is 4.96. The Balaban J connectivity index is 1.49. The average molecular weight is 462 g/mol. The molecule has 0 atom stereocenters. The Labute approximate surface area is 201 Å². The Bertz CT molecular complexity index is 1200. The van der Waals surface area contributed by atoms with Crippen molar-refractivity contribution in [2.45, 2.75) is 45.1 Å². The molecule has 1 saturated heterocycles. The van der Waals surface area contributed by atoms with E-state index in [1.807, 2.05) is 12.3 Å². The minimum atomic E-state index is -0.0457. The lowest BCUT2D eigenvalue weighted by atomic mass is 9.74. The van der Waals surface area contributed by atoms with Crippen molar-refractivity contribution in [1.29, 1.82) is 0 Å². The quantitative estimate of drug-likeness (QED) is 0.580. The van der Waals surface area contributed by atoms with Gasteiger partial charge in [-0.25, -0.2) is 4.98 Å². The monoisotopic (exact) mass is 461 g/mol. The van der Waals surface area contributed by atoms with Gasteiger partial charge >= 0.3 is 0 Å². The van der Waals surface area contributed by atoms with E-state index in [9.17, 15) is 4.79 Å². The van der Waals surface area contributed by atoms with Gasteiger partial charge in [-0.3, -0.25) is 4.79 Å². The number of carbonyl (C=O) groups is 1. The summed E-state index contributed by atoms with van der Waals surface area (Å²) in [6.07, 6.45) is 6.13. The molecule has 8 nitrogen and oxygen atoms in total. The summed E-state index contributed by atoms with van der Waals surface area (Å²) in [5, 5.41) is 7.71. The first-order chi connectivity index (χ1) is 16.4. The second kappa shape index (κ2) is 8.91. The van der Waals surface area contributed by atoms with Crippen molar-refractivity contribution in [3.63, 3.8) is 0 Å². The second-order valence-electron chi connectivity index (χ2n) is 9.83. The first-order valence-corrected chi connectivity index (χ1v) is 12.4. The molecule has 0 spiro atoms. The van der Waals surface area contributed by atoms with Gasteiger partial charge in [0.05, 0.1) is 0 Å². The van der Waals surface area contributed by atoms with Crippen molar-refractivity contribution < 1.29 is 4.79 Å². The number of hydrogen-bond donors (Lipinski definition) is 2. The molecule has 1 amide bonds. The van der Waals surface area contributed by atoms with Crippen molar-refractivity contribution in [2.75, 3.05) is 50.5 Å². The Morgan fingerprint density at radius 1 is 1.21 bits per heavy atom. The molecule has 5 rings (SSSR count). The van der Waals surface area contributed by atoms with Gasteiger partial charge in [0.25, 0.3) is 5.91 Å². The van der Waals surface area contributed by atoms with E-state index in [1.165, 1.54) is 17.7 Å². The van der Waals surface area contributed by atoms with Gasteiger partial charge in [0.2, 0.25) is 5.95 Å². The predicted molar refractivity (Wildman–Crippen MR) is 137 cm³/mol. The lowest BCUT2D eigenvalue weighted by Crippen LogP contribution is -2.43. The van der Waals surface area contributed by atoms with Crippen LogP contribution in [0, 0.1) is 6.92 Å². The molecule has 180 valence electrons. The van der Waals surface area contributed by atoms with Crippen LogP contribution < -0.4 is 15.5 Å². The number of fused-ring (bicyclic) bond motifs is 1. The van der Waals surface area contributed by atoms with Crippen LogP contribution in [-0.2, 0) is 5.54 Å². The van der Waals surface area contributed by atoms with Crippen molar-refractivity contribution in [2.24, 2.45) is 0 Å². The molecule has 8 heteroatoms. The van der Waals surface area contributed by atoms with Gasteiger partial charge < -0.3 is 25.0 Å². The molecule has 0 radical (unpaired) electrons. The topological polar surface area (TPSA) is 78.3 Å². The fourth-order valence-electron chi connectivity index (χ4n) is 5.36. The van der Waals surface area contributed by atoms with Crippen molar-refractivity contribution in [3.8, 4) is 0 Å². The van der Waals surface area contributed by atoms with Crippen LogP contribution in [0.1, 0.15) is 48.7 Å². The summed E-state index contributed by atoms with van der Waals surface area (Å²) in [7, 11) is 3.60. The molecular weight excluding hydrogens is 426 g/mol. The van der Waals surface area contributed by atoms with Crippen LogP contribution in [0.2, 0.25) is 0 Å². The zero-order valence-corrected chi connectivity index (χ0v) is 20.7. The maximum atomic E-state index is 13.0. The highest BCUT2D eigenvalue weighted by atomic mass is 16.2. The minimum absolute atomic E-state index is 0.00589. The third-order valence-corrected chi connectivity index (χ3v) is 7.49.